The minimum absolute atomic E-state index is 0.00811. The van der Waals surface area contributed by atoms with Crippen molar-refractivity contribution in [3.8, 4) is 0 Å². The number of aromatic amines is 1. The maximum absolute atomic E-state index is 11.9. The number of H-pyrrole nitrogens is 1. The Morgan fingerprint density at radius 3 is 2.61 bits per heavy atom. The van der Waals surface area contributed by atoms with Crippen LogP contribution in [0.2, 0.25) is 0 Å². The number of carbonyl (C=O) groups is 2. The highest BCUT2D eigenvalue weighted by Gasteiger charge is 2.27. The summed E-state index contributed by atoms with van der Waals surface area (Å²) in [6.07, 6.45) is -3.54. The van der Waals surface area contributed by atoms with E-state index >= 15 is 0 Å². The zero-order valence-electron chi connectivity index (χ0n) is 12.0. The fraction of sp³-hybridized carbons (Fsp3) is 0.333. The molecule has 0 saturated carbocycles. The van der Waals surface area contributed by atoms with Gasteiger partial charge in [-0.05, 0) is 37.1 Å². The van der Waals surface area contributed by atoms with Gasteiger partial charge in [0.05, 0.1) is 5.56 Å². The second-order valence-electron chi connectivity index (χ2n) is 5.15. The van der Waals surface area contributed by atoms with E-state index in [-0.39, 0.29) is 12.0 Å². The molecule has 124 valence electrons. The molecule has 0 aliphatic heterocycles. The second-order valence-corrected chi connectivity index (χ2v) is 5.15. The average Bonchev–Trinajstić information content (AvgIpc) is 2.86. The van der Waals surface area contributed by atoms with Gasteiger partial charge in [-0.2, -0.15) is 13.2 Å². The van der Waals surface area contributed by atoms with Crippen LogP contribution >= 0.6 is 0 Å². The van der Waals surface area contributed by atoms with Gasteiger partial charge in [0.25, 0.3) is 0 Å². The molecule has 0 spiro atoms. The number of amides is 1. The molecule has 1 aromatic heterocycles. The van der Waals surface area contributed by atoms with Gasteiger partial charge >= 0.3 is 12.1 Å². The van der Waals surface area contributed by atoms with E-state index in [2.05, 4.69) is 4.98 Å². The number of hydrogen-bond donors (Lipinski definition) is 3. The molecule has 0 saturated heterocycles. The molecule has 1 heterocycles. The molecule has 1 amide bonds. The molecule has 0 unspecified atom stereocenters. The Bertz CT molecular complexity index is 722. The highest BCUT2D eigenvalue weighted by molar-refractivity contribution is 5.93. The number of alkyl halides is 3. The smallest absolute Gasteiger partial charge is 0.405 e. The summed E-state index contributed by atoms with van der Waals surface area (Å²) in [6, 6.07) is 6.44. The van der Waals surface area contributed by atoms with Gasteiger partial charge in [-0.1, -0.05) is 0 Å². The number of nitrogens with one attached hydrogen (secondary N) is 2. The number of fused-ring (bicyclic) bond motifs is 1. The number of carboxylic acid groups (broad SMARTS) is 1. The van der Waals surface area contributed by atoms with Crippen molar-refractivity contribution in [2.24, 2.45) is 0 Å². The van der Waals surface area contributed by atoms with Crippen LogP contribution in [0, 0.1) is 0 Å². The van der Waals surface area contributed by atoms with Gasteiger partial charge in [0.15, 0.2) is 0 Å². The Hall–Kier alpha value is -2.51. The molecule has 0 bridgehead atoms. The molecule has 2 aromatic rings. The first kappa shape index (κ1) is 16.9. The second kappa shape index (κ2) is 6.72. The van der Waals surface area contributed by atoms with E-state index in [4.69, 9.17) is 5.11 Å². The summed E-state index contributed by atoms with van der Waals surface area (Å²) in [5, 5.41) is 11.5. The number of halogens is 3. The van der Waals surface area contributed by atoms with Gasteiger partial charge in [-0.25, -0.2) is 4.79 Å². The highest BCUT2D eigenvalue weighted by Crippen LogP contribution is 2.19. The van der Waals surface area contributed by atoms with Crippen LogP contribution in [0.3, 0.4) is 0 Å². The van der Waals surface area contributed by atoms with Crippen LogP contribution in [0.4, 0.5) is 13.2 Å². The van der Waals surface area contributed by atoms with Crippen molar-refractivity contribution in [3.05, 3.63) is 35.5 Å². The maximum Gasteiger partial charge on any atom is 0.405 e. The topological polar surface area (TPSA) is 82.2 Å². The number of carbonyl (C=O) groups excluding carboxylic acids is 1. The van der Waals surface area contributed by atoms with Crippen molar-refractivity contribution in [3.63, 3.8) is 0 Å². The van der Waals surface area contributed by atoms with Crippen LogP contribution in [-0.2, 0) is 11.2 Å². The zero-order valence-corrected chi connectivity index (χ0v) is 12.0. The van der Waals surface area contributed by atoms with E-state index in [9.17, 15) is 22.8 Å². The van der Waals surface area contributed by atoms with Crippen LogP contribution in [0.15, 0.2) is 24.3 Å². The monoisotopic (exact) mass is 328 g/mol. The Balaban J connectivity index is 1.87. The molecule has 3 N–H and O–H groups in total. The van der Waals surface area contributed by atoms with Crippen molar-refractivity contribution >= 4 is 22.8 Å². The summed E-state index contributed by atoms with van der Waals surface area (Å²) in [5.41, 5.74) is 1.74. The predicted octanol–water partition coefficient (Wildman–Crippen LogP) is 2.87. The first-order valence-electron chi connectivity index (χ1n) is 6.93. The van der Waals surface area contributed by atoms with E-state index in [0.29, 0.717) is 12.8 Å². The van der Waals surface area contributed by atoms with Gasteiger partial charge in [0.2, 0.25) is 5.91 Å². The first-order chi connectivity index (χ1) is 10.7. The zero-order chi connectivity index (χ0) is 17.0. The van der Waals surface area contributed by atoms with Crippen LogP contribution in [0.1, 0.15) is 28.9 Å². The normalized spacial score (nSPS) is 11.6. The fourth-order valence-corrected chi connectivity index (χ4v) is 2.19. The summed E-state index contributed by atoms with van der Waals surface area (Å²) in [6.45, 7) is -1.32. The highest BCUT2D eigenvalue weighted by atomic mass is 19.4. The number of aromatic carboxylic acids is 1. The summed E-state index contributed by atoms with van der Waals surface area (Å²) in [7, 11) is 0. The number of benzene rings is 1. The molecule has 8 heteroatoms. The number of aromatic nitrogens is 1. The van der Waals surface area contributed by atoms with Gasteiger partial charge in [0.1, 0.15) is 6.54 Å². The third kappa shape index (κ3) is 5.01. The lowest BCUT2D eigenvalue weighted by molar-refractivity contribution is -0.138. The third-order valence-corrected chi connectivity index (χ3v) is 3.26. The van der Waals surface area contributed by atoms with Crippen molar-refractivity contribution in [1.82, 2.24) is 10.3 Å². The summed E-state index contributed by atoms with van der Waals surface area (Å²) in [5.74, 6) is -1.66. The van der Waals surface area contributed by atoms with Gasteiger partial charge in [0, 0.05) is 23.0 Å². The quantitative estimate of drug-likeness (QED) is 0.762. The molecule has 2 rings (SSSR count). The Kier molecular flexibility index (Phi) is 4.92. The minimum atomic E-state index is -4.41. The molecule has 0 radical (unpaired) electrons. The molecule has 23 heavy (non-hydrogen) atoms. The van der Waals surface area contributed by atoms with E-state index in [1.54, 1.807) is 12.1 Å². The lowest BCUT2D eigenvalue weighted by Gasteiger charge is -2.07. The molecule has 0 aliphatic rings. The Morgan fingerprint density at radius 1 is 1.22 bits per heavy atom. The van der Waals surface area contributed by atoms with Crippen LogP contribution in [-0.4, -0.2) is 34.7 Å². The van der Waals surface area contributed by atoms with Crippen molar-refractivity contribution in [2.75, 3.05) is 6.54 Å². The molecule has 5 nitrogen and oxygen atoms in total. The molecule has 0 fully saturated rings. The third-order valence-electron chi connectivity index (χ3n) is 3.26. The van der Waals surface area contributed by atoms with Gasteiger partial charge in [-0.3, -0.25) is 4.79 Å². The number of rotatable bonds is 6. The van der Waals surface area contributed by atoms with Crippen molar-refractivity contribution in [1.29, 1.82) is 0 Å². The average molecular weight is 328 g/mol. The molecule has 1 aromatic carbocycles. The lowest BCUT2D eigenvalue weighted by Crippen LogP contribution is -2.33. The maximum atomic E-state index is 11.9. The van der Waals surface area contributed by atoms with E-state index in [0.717, 1.165) is 16.6 Å². The minimum Gasteiger partial charge on any atom is -0.478 e. The van der Waals surface area contributed by atoms with E-state index in [1.165, 1.54) is 12.1 Å². The van der Waals surface area contributed by atoms with Crippen molar-refractivity contribution < 1.29 is 27.9 Å². The molecule has 0 aliphatic carbocycles. The van der Waals surface area contributed by atoms with Crippen LogP contribution in [0.25, 0.3) is 10.9 Å². The number of aryl methyl sites for hydroxylation is 1. The SMILES string of the molecule is O=C(CCCc1cc2cc(C(=O)O)ccc2[nH]1)NCC(F)(F)F. The summed E-state index contributed by atoms with van der Waals surface area (Å²) in [4.78, 5) is 25.3. The first-order valence-corrected chi connectivity index (χ1v) is 6.93. The Morgan fingerprint density at radius 2 is 1.96 bits per heavy atom. The molecular weight excluding hydrogens is 313 g/mol. The predicted molar refractivity (Wildman–Crippen MR) is 77.3 cm³/mol. The van der Waals surface area contributed by atoms with E-state index < -0.39 is 24.6 Å². The largest absolute Gasteiger partial charge is 0.478 e. The molecule has 0 atom stereocenters. The van der Waals surface area contributed by atoms with E-state index in [1.807, 2.05) is 5.32 Å². The summed E-state index contributed by atoms with van der Waals surface area (Å²) >= 11 is 0. The number of carboxylic acids is 1. The van der Waals surface area contributed by atoms with Crippen LogP contribution < -0.4 is 5.32 Å². The van der Waals surface area contributed by atoms with Gasteiger partial charge < -0.3 is 15.4 Å². The molecular formula is C15H15F3N2O3. The summed E-state index contributed by atoms with van der Waals surface area (Å²) < 4.78 is 35.8. The number of hydrogen-bond acceptors (Lipinski definition) is 2. The fourth-order valence-electron chi connectivity index (χ4n) is 2.19. The van der Waals surface area contributed by atoms with Gasteiger partial charge in [-0.15, -0.1) is 0 Å². The van der Waals surface area contributed by atoms with Crippen LogP contribution in [0.5, 0.6) is 0 Å². The van der Waals surface area contributed by atoms with Crippen molar-refractivity contribution in [2.45, 2.75) is 25.4 Å². The lowest BCUT2D eigenvalue weighted by atomic mass is 10.1. The standard InChI is InChI=1S/C15H15F3N2O3/c16-15(17,18)8-19-13(21)3-1-2-11-7-10-6-9(14(22)23)4-5-12(10)20-11/h4-7,20H,1-3,8H2,(H,19,21)(H,22,23). The Labute approximate surface area is 129 Å².